The van der Waals surface area contributed by atoms with E-state index in [1.807, 2.05) is 35.2 Å². The van der Waals surface area contributed by atoms with E-state index in [1.54, 1.807) is 6.33 Å². The summed E-state index contributed by atoms with van der Waals surface area (Å²) < 4.78 is 8.23. The first-order chi connectivity index (χ1) is 11.8. The Morgan fingerprint density at radius 2 is 2.00 bits per heavy atom. The Balaban J connectivity index is 1.32. The largest absolute Gasteiger partial charge is 0.455 e. The van der Waals surface area contributed by atoms with Gasteiger partial charge in [0.05, 0.1) is 6.54 Å². The molecule has 2 bridgehead atoms. The van der Waals surface area contributed by atoms with Crippen LogP contribution in [-0.4, -0.2) is 57.2 Å². The SMILES string of the molecule is c1ccn(-c2cc(NC3=NC[C@@]4(CN5CCC4CC5)O3)ncn2)c1. The molecule has 124 valence electrons. The number of amidine groups is 1. The zero-order chi connectivity index (χ0) is 16.0. The molecule has 4 aliphatic heterocycles. The van der Waals surface area contributed by atoms with Gasteiger partial charge in [-0.1, -0.05) is 0 Å². The minimum Gasteiger partial charge on any atom is -0.455 e. The quantitative estimate of drug-likeness (QED) is 0.907. The molecule has 1 N–H and O–H groups in total. The predicted molar refractivity (Wildman–Crippen MR) is 90.3 cm³/mol. The molecule has 3 fully saturated rings. The van der Waals surface area contributed by atoms with Crippen molar-refractivity contribution in [2.24, 2.45) is 10.9 Å². The van der Waals surface area contributed by atoms with Gasteiger partial charge in [0.1, 0.15) is 23.6 Å². The highest BCUT2D eigenvalue weighted by atomic mass is 16.5. The topological polar surface area (TPSA) is 67.6 Å². The molecular formula is C17H20N6O. The molecule has 24 heavy (non-hydrogen) atoms. The third-order valence-corrected chi connectivity index (χ3v) is 5.37. The maximum absolute atomic E-state index is 6.29. The maximum Gasteiger partial charge on any atom is 0.291 e. The van der Waals surface area contributed by atoms with Crippen molar-refractivity contribution in [2.45, 2.75) is 18.4 Å². The molecule has 0 aromatic carbocycles. The Morgan fingerprint density at radius 3 is 2.75 bits per heavy atom. The van der Waals surface area contributed by atoms with Crippen molar-refractivity contribution in [3.8, 4) is 5.82 Å². The number of piperidine rings is 3. The minimum atomic E-state index is -0.130. The maximum atomic E-state index is 6.29. The van der Waals surface area contributed by atoms with E-state index in [0.29, 0.717) is 17.8 Å². The van der Waals surface area contributed by atoms with Crippen LogP contribution in [0.15, 0.2) is 41.9 Å². The molecule has 0 saturated carbocycles. The van der Waals surface area contributed by atoms with Crippen LogP contribution < -0.4 is 5.32 Å². The Bertz CT molecular complexity index is 765. The zero-order valence-corrected chi connectivity index (χ0v) is 13.4. The second-order valence-corrected chi connectivity index (χ2v) is 6.82. The third-order valence-electron chi connectivity index (χ3n) is 5.37. The molecule has 0 unspecified atom stereocenters. The van der Waals surface area contributed by atoms with Crippen molar-refractivity contribution in [2.75, 3.05) is 31.5 Å². The van der Waals surface area contributed by atoms with Crippen LogP contribution >= 0.6 is 0 Å². The second kappa shape index (κ2) is 5.31. The summed E-state index contributed by atoms with van der Waals surface area (Å²) in [5, 5.41) is 3.22. The van der Waals surface area contributed by atoms with Crippen LogP contribution in [0.5, 0.6) is 0 Å². The molecule has 6 rings (SSSR count). The average Bonchev–Trinajstić information content (AvgIpc) is 3.27. The van der Waals surface area contributed by atoms with Gasteiger partial charge in [-0.2, -0.15) is 0 Å². The van der Waals surface area contributed by atoms with Gasteiger partial charge in [0.15, 0.2) is 0 Å². The van der Waals surface area contributed by atoms with Crippen LogP contribution in [0.4, 0.5) is 5.82 Å². The number of hydrogen-bond donors (Lipinski definition) is 1. The summed E-state index contributed by atoms with van der Waals surface area (Å²) in [4.78, 5) is 15.7. The fraction of sp³-hybridized carbons (Fsp3) is 0.471. The number of rotatable bonds is 2. The molecule has 1 atom stereocenters. The Morgan fingerprint density at radius 1 is 1.17 bits per heavy atom. The highest BCUT2D eigenvalue weighted by Gasteiger charge is 2.51. The van der Waals surface area contributed by atoms with Crippen molar-refractivity contribution in [3.05, 3.63) is 36.9 Å². The van der Waals surface area contributed by atoms with Gasteiger partial charge in [-0.3, -0.25) is 10.2 Å². The van der Waals surface area contributed by atoms with Gasteiger partial charge in [-0.05, 0) is 38.1 Å². The van der Waals surface area contributed by atoms with Crippen molar-refractivity contribution in [1.82, 2.24) is 19.4 Å². The molecule has 7 nitrogen and oxygen atoms in total. The van der Waals surface area contributed by atoms with E-state index in [9.17, 15) is 0 Å². The van der Waals surface area contributed by atoms with E-state index < -0.39 is 0 Å². The number of ether oxygens (including phenoxy) is 1. The molecule has 2 aromatic rings. The number of aliphatic imine (C=N–C) groups is 1. The van der Waals surface area contributed by atoms with E-state index in [2.05, 4.69) is 25.2 Å². The zero-order valence-electron chi connectivity index (χ0n) is 13.4. The molecule has 2 aromatic heterocycles. The first kappa shape index (κ1) is 14.0. The lowest BCUT2D eigenvalue weighted by molar-refractivity contribution is -0.0829. The smallest absolute Gasteiger partial charge is 0.291 e. The average molecular weight is 324 g/mol. The summed E-state index contributed by atoms with van der Waals surface area (Å²) in [5.41, 5.74) is -0.130. The molecule has 3 saturated heterocycles. The molecule has 0 radical (unpaired) electrons. The van der Waals surface area contributed by atoms with Crippen LogP contribution in [0, 0.1) is 5.92 Å². The van der Waals surface area contributed by atoms with Crippen LogP contribution in [0.1, 0.15) is 12.8 Å². The third kappa shape index (κ3) is 2.27. The monoisotopic (exact) mass is 324 g/mol. The number of nitrogens with zero attached hydrogens (tertiary/aromatic N) is 5. The molecule has 0 amide bonds. The summed E-state index contributed by atoms with van der Waals surface area (Å²) in [5.74, 6) is 2.13. The van der Waals surface area contributed by atoms with E-state index >= 15 is 0 Å². The van der Waals surface area contributed by atoms with Gasteiger partial charge in [-0.25, -0.2) is 15.0 Å². The summed E-state index contributed by atoms with van der Waals surface area (Å²) in [6.07, 6.45) is 7.90. The molecule has 4 aliphatic rings. The van der Waals surface area contributed by atoms with Crippen LogP contribution in [0.2, 0.25) is 0 Å². The Hall–Kier alpha value is -2.41. The number of hydrogen-bond acceptors (Lipinski definition) is 6. The number of anilines is 1. The predicted octanol–water partition coefficient (Wildman–Crippen LogP) is 1.53. The lowest BCUT2D eigenvalue weighted by Crippen LogP contribution is -2.61. The first-order valence-corrected chi connectivity index (χ1v) is 8.49. The highest BCUT2D eigenvalue weighted by Crippen LogP contribution is 2.40. The van der Waals surface area contributed by atoms with Crippen molar-refractivity contribution >= 4 is 11.8 Å². The lowest BCUT2D eigenvalue weighted by atomic mass is 9.75. The molecule has 0 aliphatic carbocycles. The Labute approximate surface area is 140 Å². The molecule has 7 heteroatoms. The number of aromatic nitrogens is 3. The summed E-state index contributed by atoms with van der Waals surface area (Å²) >= 11 is 0. The number of fused-ring (bicyclic) bond motifs is 2. The normalized spacial score (nSPS) is 31.1. The van der Waals surface area contributed by atoms with Crippen LogP contribution in [-0.2, 0) is 4.74 Å². The summed E-state index contributed by atoms with van der Waals surface area (Å²) in [6, 6.07) is 6.42. The van der Waals surface area contributed by atoms with Gasteiger partial charge in [0.2, 0.25) is 0 Å². The minimum absolute atomic E-state index is 0.130. The summed E-state index contributed by atoms with van der Waals surface area (Å²) in [6.45, 7) is 4.13. The van der Waals surface area contributed by atoms with Gasteiger partial charge in [0, 0.05) is 30.9 Å². The number of nitrogens with one attached hydrogen (secondary N) is 1. The standard InChI is InChI=1S/C17H20N6O/c1-2-6-23(5-1)15-9-14(19-12-20-15)21-16-18-10-17(24-16)11-22-7-3-13(17)4-8-22/h1-2,5-6,9,12-13H,3-4,7-8,10-11H2,(H,18,19,20,21)/t17-/m0/s1. The van der Waals surface area contributed by atoms with Crippen molar-refractivity contribution < 1.29 is 4.74 Å². The van der Waals surface area contributed by atoms with Gasteiger partial charge in [-0.15, -0.1) is 0 Å². The molecular weight excluding hydrogens is 304 g/mol. The van der Waals surface area contributed by atoms with Crippen LogP contribution in [0.25, 0.3) is 5.82 Å². The van der Waals surface area contributed by atoms with Gasteiger partial charge >= 0.3 is 0 Å². The fourth-order valence-corrected chi connectivity index (χ4v) is 4.10. The fourth-order valence-electron chi connectivity index (χ4n) is 4.10. The van der Waals surface area contributed by atoms with Gasteiger partial charge < -0.3 is 9.30 Å². The van der Waals surface area contributed by atoms with Crippen LogP contribution in [0.3, 0.4) is 0 Å². The van der Waals surface area contributed by atoms with E-state index in [0.717, 1.165) is 18.9 Å². The highest BCUT2D eigenvalue weighted by molar-refractivity contribution is 5.89. The Kier molecular flexibility index (Phi) is 3.09. The first-order valence-electron chi connectivity index (χ1n) is 8.49. The van der Waals surface area contributed by atoms with Gasteiger partial charge in [0.25, 0.3) is 6.02 Å². The van der Waals surface area contributed by atoms with E-state index in [4.69, 9.17) is 4.74 Å². The second-order valence-electron chi connectivity index (χ2n) is 6.82. The van der Waals surface area contributed by atoms with Crippen molar-refractivity contribution in [3.63, 3.8) is 0 Å². The lowest BCUT2D eigenvalue weighted by Gasteiger charge is -2.50. The van der Waals surface area contributed by atoms with Crippen molar-refractivity contribution in [1.29, 1.82) is 0 Å². The summed E-state index contributed by atoms with van der Waals surface area (Å²) in [7, 11) is 0. The molecule has 1 spiro atoms. The molecule has 6 heterocycles. The van der Waals surface area contributed by atoms with E-state index in [1.165, 1.54) is 25.9 Å². The van der Waals surface area contributed by atoms with E-state index in [-0.39, 0.29) is 5.60 Å².